The smallest absolute Gasteiger partial charge is 0.186 e. The molecule has 0 saturated carbocycles. The van der Waals surface area contributed by atoms with Crippen molar-refractivity contribution in [2.45, 2.75) is 76.2 Å². The summed E-state index contributed by atoms with van der Waals surface area (Å²) in [5.41, 5.74) is 0. The molecule has 6 heteroatoms. The number of aliphatic hydroxyl groups is 3. The van der Waals surface area contributed by atoms with Gasteiger partial charge in [0.1, 0.15) is 24.4 Å². The average molecular weight is 306 g/mol. The van der Waals surface area contributed by atoms with Crippen LogP contribution in [0.25, 0.3) is 0 Å². The molecular formula is C15H30O6. The first-order chi connectivity index (χ1) is 10.2. The Hall–Kier alpha value is -0.240. The molecule has 3 N–H and O–H groups in total. The molecule has 0 spiro atoms. The SMILES string of the molecule is CCCCCCCCO[C@@H]1[C@H](O)[C@@H](O)[C@@H](OC)O[C@@H]1CO. The van der Waals surface area contributed by atoms with Gasteiger partial charge in [0.25, 0.3) is 0 Å². The van der Waals surface area contributed by atoms with E-state index in [0.29, 0.717) is 6.61 Å². The van der Waals surface area contributed by atoms with Gasteiger partial charge in [-0.25, -0.2) is 0 Å². The standard InChI is InChI=1S/C15H30O6/c1-3-4-5-6-7-8-9-20-14-11(10-16)21-15(19-2)13(18)12(14)17/h11-18H,3-10H2,1-2H3/t11-,12-,13-,14+,15+/m1/s1. The molecule has 1 fully saturated rings. The summed E-state index contributed by atoms with van der Waals surface area (Å²) < 4.78 is 15.9. The second kappa shape index (κ2) is 10.5. The molecule has 1 aliphatic rings. The summed E-state index contributed by atoms with van der Waals surface area (Å²) in [4.78, 5) is 0. The van der Waals surface area contributed by atoms with E-state index in [2.05, 4.69) is 6.92 Å². The van der Waals surface area contributed by atoms with Crippen molar-refractivity contribution in [1.29, 1.82) is 0 Å². The van der Waals surface area contributed by atoms with Crippen molar-refractivity contribution < 1.29 is 29.5 Å². The van der Waals surface area contributed by atoms with Crippen LogP contribution in [0.15, 0.2) is 0 Å². The van der Waals surface area contributed by atoms with Gasteiger partial charge in [0, 0.05) is 13.7 Å². The molecule has 21 heavy (non-hydrogen) atoms. The van der Waals surface area contributed by atoms with E-state index in [0.717, 1.165) is 12.8 Å². The Morgan fingerprint density at radius 2 is 1.67 bits per heavy atom. The highest BCUT2D eigenvalue weighted by Crippen LogP contribution is 2.24. The van der Waals surface area contributed by atoms with Crippen molar-refractivity contribution in [1.82, 2.24) is 0 Å². The molecule has 1 aliphatic heterocycles. The Kier molecular flexibility index (Phi) is 9.39. The predicted molar refractivity (Wildman–Crippen MR) is 77.9 cm³/mol. The lowest BCUT2D eigenvalue weighted by molar-refractivity contribution is -0.301. The molecule has 0 unspecified atom stereocenters. The molecule has 1 saturated heterocycles. The van der Waals surface area contributed by atoms with Crippen molar-refractivity contribution in [3.05, 3.63) is 0 Å². The van der Waals surface area contributed by atoms with Gasteiger partial charge in [0.05, 0.1) is 6.61 Å². The minimum atomic E-state index is -1.17. The summed E-state index contributed by atoms with van der Waals surface area (Å²) in [6.45, 7) is 2.38. The van der Waals surface area contributed by atoms with Crippen LogP contribution in [0.4, 0.5) is 0 Å². The molecule has 1 heterocycles. The lowest BCUT2D eigenvalue weighted by Gasteiger charge is -2.41. The molecule has 1 rings (SSSR count). The van der Waals surface area contributed by atoms with E-state index in [9.17, 15) is 15.3 Å². The van der Waals surface area contributed by atoms with Gasteiger partial charge in [-0.15, -0.1) is 0 Å². The third kappa shape index (κ3) is 5.81. The number of hydrogen-bond donors (Lipinski definition) is 3. The predicted octanol–water partition coefficient (Wildman–Crippen LogP) is 0.817. The summed E-state index contributed by atoms with van der Waals surface area (Å²) in [6, 6.07) is 0. The molecule has 0 aromatic rings. The molecule has 0 radical (unpaired) electrons. The first-order valence-corrected chi connectivity index (χ1v) is 7.92. The number of methoxy groups -OCH3 is 1. The first-order valence-electron chi connectivity index (χ1n) is 7.92. The average Bonchev–Trinajstić information content (AvgIpc) is 2.50. The molecule has 6 nitrogen and oxygen atoms in total. The fourth-order valence-electron chi connectivity index (χ4n) is 2.56. The van der Waals surface area contributed by atoms with Gasteiger partial charge in [-0.05, 0) is 6.42 Å². The summed E-state index contributed by atoms with van der Waals surface area (Å²) in [5.74, 6) is 0. The van der Waals surface area contributed by atoms with Gasteiger partial charge >= 0.3 is 0 Å². The van der Waals surface area contributed by atoms with Crippen LogP contribution in [0.1, 0.15) is 45.4 Å². The quantitative estimate of drug-likeness (QED) is 0.518. The van der Waals surface area contributed by atoms with Crippen LogP contribution in [-0.4, -0.2) is 66.3 Å². The molecule has 126 valence electrons. The number of unbranched alkanes of at least 4 members (excludes halogenated alkanes) is 5. The molecule has 0 aromatic heterocycles. The fraction of sp³-hybridized carbons (Fsp3) is 1.00. The first kappa shape index (κ1) is 18.8. The summed E-state index contributed by atoms with van der Waals surface area (Å²) in [6.07, 6.45) is 2.22. The zero-order chi connectivity index (χ0) is 15.7. The maximum Gasteiger partial charge on any atom is 0.186 e. The summed E-state index contributed by atoms with van der Waals surface area (Å²) in [5, 5.41) is 29.3. The van der Waals surface area contributed by atoms with E-state index in [-0.39, 0.29) is 6.61 Å². The Morgan fingerprint density at radius 3 is 2.29 bits per heavy atom. The van der Waals surface area contributed by atoms with E-state index >= 15 is 0 Å². The zero-order valence-corrected chi connectivity index (χ0v) is 13.1. The molecule has 0 amide bonds. The lowest BCUT2D eigenvalue weighted by Crippen LogP contribution is -2.59. The van der Waals surface area contributed by atoms with Gasteiger partial charge in [-0.3, -0.25) is 0 Å². The van der Waals surface area contributed by atoms with Gasteiger partial charge in [-0.2, -0.15) is 0 Å². The minimum absolute atomic E-state index is 0.287. The van der Waals surface area contributed by atoms with Crippen LogP contribution >= 0.6 is 0 Å². The highest BCUT2D eigenvalue weighted by Gasteiger charge is 2.45. The van der Waals surface area contributed by atoms with Gasteiger partial charge in [0.2, 0.25) is 0 Å². The number of rotatable bonds is 10. The van der Waals surface area contributed by atoms with E-state index in [1.807, 2.05) is 0 Å². The largest absolute Gasteiger partial charge is 0.394 e. The Labute approximate surface area is 127 Å². The van der Waals surface area contributed by atoms with Crippen LogP contribution in [0.5, 0.6) is 0 Å². The van der Waals surface area contributed by atoms with Gasteiger partial charge in [-0.1, -0.05) is 39.0 Å². The van der Waals surface area contributed by atoms with E-state index in [1.54, 1.807) is 0 Å². The van der Waals surface area contributed by atoms with Crippen LogP contribution in [-0.2, 0) is 14.2 Å². The zero-order valence-electron chi connectivity index (χ0n) is 13.1. The monoisotopic (exact) mass is 306 g/mol. The third-order valence-electron chi connectivity index (χ3n) is 3.86. The number of ether oxygens (including phenoxy) is 3. The van der Waals surface area contributed by atoms with Crippen LogP contribution in [0, 0.1) is 0 Å². The van der Waals surface area contributed by atoms with Crippen molar-refractivity contribution in [2.24, 2.45) is 0 Å². The summed E-state index contributed by atoms with van der Waals surface area (Å²) in [7, 11) is 1.38. The second-order valence-electron chi connectivity index (χ2n) is 5.55. The van der Waals surface area contributed by atoms with Crippen LogP contribution < -0.4 is 0 Å². The second-order valence-corrected chi connectivity index (χ2v) is 5.55. The van der Waals surface area contributed by atoms with E-state index < -0.39 is 30.7 Å². The minimum Gasteiger partial charge on any atom is -0.394 e. The molecule has 0 bridgehead atoms. The molecule has 5 atom stereocenters. The maximum atomic E-state index is 10.1. The number of aliphatic hydroxyl groups excluding tert-OH is 3. The number of hydrogen-bond acceptors (Lipinski definition) is 6. The molecular weight excluding hydrogens is 276 g/mol. The molecule has 0 aliphatic carbocycles. The molecule has 0 aromatic carbocycles. The van der Waals surface area contributed by atoms with Gasteiger partial charge < -0.3 is 29.5 Å². The Morgan fingerprint density at radius 1 is 1.00 bits per heavy atom. The van der Waals surface area contributed by atoms with Crippen molar-refractivity contribution >= 4 is 0 Å². The van der Waals surface area contributed by atoms with Crippen LogP contribution in [0.3, 0.4) is 0 Å². The van der Waals surface area contributed by atoms with Gasteiger partial charge in [0.15, 0.2) is 6.29 Å². The lowest BCUT2D eigenvalue weighted by atomic mass is 9.99. The Balaban J connectivity index is 2.31. The van der Waals surface area contributed by atoms with Crippen molar-refractivity contribution in [2.75, 3.05) is 20.3 Å². The van der Waals surface area contributed by atoms with Crippen molar-refractivity contribution in [3.63, 3.8) is 0 Å². The maximum absolute atomic E-state index is 10.1. The topological polar surface area (TPSA) is 88.4 Å². The Bertz CT molecular complexity index is 261. The normalized spacial score (nSPS) is 33.3. The van der Waals surface area contributed by atoms with Crippen LogP contribution in [0.2, 0.25) is 0 Å². The fourth-order valence-corrected chi connectivity index (χ4v) is 2.56. The van der Waals surface area contributed by atoms with E-state index in [1.165, 1.54) is 32.8 Å². The third-order valence-corrected chi connectivity index (χ3v) is 3.86. The van der Waals surface area contributed by atoms with E-state index in [4.69, 9.17) is 14.2 Å². The van der Waals surface area contributed by atoms with Crippen molar-refractivity contribution in [3.8, 4) is 0 Å². The highest BCUT2D eigenvalue weighted by atomic mass is 16.7. The summed E-state index contributed by atoms with van der Waals surface area (Å²) >= 11 is 0. The highest BCUT2D eigenvalue weighted by molar-refractivity contribution is 4.90.